The third kappa shape index (κ3) is 5.07. The van der Waals surface area contributed by atoms with E-state index in [2.05, 4.69) is 17.4 Å². The van der Waals surface area contributed by atoms with Gasteiger partial charge in [0, 0.05) is 5.69 Å². The molecule has 0 atom stereocenters. The quantitative estimate of drug-likeness (QED) is 0.312. The molecule has 3 aromatic carbocycles. The van der Waals surface area contributed by atoms with Crippen molar-refractivity contribution in [1.82, 2.24) is 0 Å². The van der Waals surface area contributed by atoms with Gasteiger partial charge in [-0.3, -0.25) is 9.10 Å². The number of halogens is 2. The average Bonchev–Trinajstić information content (AvgIpc) is 2.89. The minimum absolute atomic E-state index is 0.0665. The lowest BCUT2D eigenvalue weighted by molar-refractivity contribution is -0.114. The summed E-state index contributed by atoms with van der Waals surface area (Å²) in [5.74, 6) is 2.10. The lowest BCUT2D eigenvalue weighted by Gasteiger charge is -2.57. The third-order valence-electron chi connectivity index (χ3n) is 8.92. The molecule has 4 bridgehead atoms. The Labute approximate surface area is 240 Å². The lowest BCUT2D eigenvalue weighted by Crippen LogP contribution is -2.48. The Hall–Kier alpha value is -2.54. The summed E-state index contributed by atoms with van der Waals surface area (Å²) >= 11 is 12.6. The van der Waals surface area contributed by atoms with E-state index >= 15 is 0 Å². The number of nitrogens with zero attached hydrogens (tertiary/aromatic N) is 1. The van der Waals surface area contributed by atoms with E-state index in [-0.39, 0.29) is 26.0 Å². The van der Waals surface area contributed by atoms with Gasteiger partial charge >= 0.3 is 0 Å². The van der Waals surface area contributed by atoms with Crippen LogP contribution in [-0.2, 0) is 20.2 Å². The van der Waals surface area contributed by atoms with Gasteiger partial charge < -0.3 is 5.32 Å². The summed E-state index contributed by atoms with van der Waals surface area (Å²) in [6.07, 6.45) is 8.01. The Morgan fingerprint density at radius 1 is 0.897 bits per heavy atom. The highest BCUT2D eigenvalue weighted by atomic mass is 35.5. The first kappa shape index (κ1) is 26.7. The van der Waals surface area contributed by atoms with Crippen LogP contribution in [0.25, 0.3) is 0 Å². The zero-order valence-electron chi connectivity index (χ0n) is 21.9. The smallest absolute Gasteiger partial charge is 0.264 e. The Morgan fingerprint density at radius 3 is 2.08 bits per heavy atom. The van der Waals surface area contributed by atoms with Crippen molar-refractivity contribution < 1.29 is 13.2 Å². The van der Waals surface area contributed by atoms with E-state index in [4.69, 9.17) is 23.2 Å². The van der Waals surface area contributed by atoms with Crippen LogP contribution in [0.5, 0.6) is 0 Å². The van der Waals surface area contributed by atoms with Crippen molar-refractivity contribution in [3.05, 3.63) is 87.9 Å². The molecule has 0 heterocycles. The number of amides is 1. The second kappa shape index (κ2) is 10.1. The van der Waals surface area contributed by atoms with Gasteiger partial charge in [0.15, 0.2) is 0 Å². The molecule has 8 heteroatoms. The topological polar surface area (TPSA) is 66.5 Å². The summed E-state index contributed by atoms with van der Waals surface area (Å²) in [5, 5.41) is 3.17. The van der Waals surface area contributed by atoms with Crippen LogP contribution in [0.2, 0.25) is 10.0 Å². The number of benzene rings is 3. The number of sulfonamides is 1. The molecular formula is C31H32Cl2N2O3S. The fourth-order valence-electron chi connectivity index (χ4n) is 7.52. The Morgan fingerprint density at radius 2 is 1.49 bits per heavy atom. The Kier molecular flexibility index (Phi) is 6.93. The van der Waals surface area contributed by atoms with Crippen LogP contribution in [0.1, 0.15) is 49.7 Å². The summed E-state index contributed by atoms with van der Waals surface area (Å²) < 4.78 is 28.4. The highest BCUT2D eigenvalue weighted by molar-refractivity contribution is 7.92. The first-order chi connectivity index (χ1) is 18.6. The van der Waals surface area contributed by atoms with Crippen LogP contribution in [0.15, 0.2) is 71.6 Å². The number of anilines is 2. The minimum atomic E-state index is -4.10. The molecule has 0 aliphatic heterocycles. The van der Waals surface area contributed by atoms with Crippen LogP contribution in [-0.4, -0.2) is 20.9 Å². The third-order valence-corrected chi connectivity index (χ3v) is 11.5. The maximum atomic E-state index is 13.7. The fraction of sp³-hybridized carbons (Fsp3) is 0.387. The summed E-state index contributed by atoms with van der Waals surface area (Å²) in [4.78, 5) is 13.3. The van der Waals surface area contributed by atoms with E-state index in [0.29, 0.717) is 5.69 Å². The maximum Gasteiger partial charge on any atom is 0.264 e. The number of rotatable bonds is 7. The van der Waals surface area contributed by atoms with Crippen molar-refractivity contribution in [3.63, 3.8) is 0 Å². The van der Waals surface area contributed by atoms with Gasteiger partial charge in [0.05, 0.1) is 20.6 Å². The largest absolute Gasteiger partial charge is 0.325 e. The normalized spacial score (nSPS) is 25.5. The number of nitrogens with one attached hydrogen (secondary N) is 1. The zero-order valence-corrected chi connectivity index (χ0v) is 24.2. The van der Waals surface area contributed by atoms with Gasteiger partial charge in [0.2, 0.25) is 5.91 Å². The number of hydrogen-bond donors (Lipinski definition) is 1. The van der Waals surface area contributed by atoms with Gasteiger partial charge in [-0.1, -0.05) is 59.1 Å². The molecule has 0 unspecified atom stereocenters. The Bertz CT molecular complexity index is 1470. The summed E-state index contributed by atoms with van der Waals surface area (Å²) in [6.45, 7) is 1.43. The maximum absolute atomic E-state index is 13.7. The fourth-order valence-corrected chi connectivity index (χ4v) is 9.40. The predicted octanol–water partition coefficient (Wildman–Crippen LogP) is 7.60. The van der Waals surface area contributed by atoms with Crippen molar-refractivity contribution in [2.45, 2.75) is 55.8 Å². The molecule has 5 nitrogen and oxygen atoms in total. The number of hydrogen-bond acceptors (Lipinski definition) is 3. The lowest BCUT2D eigenvalue weighted by atomic mass is 9.48. The van der Waals surface area contributed by atoms with Gasteiger partial charge in [0.1, 0.15) is 6.54 Å². The first-order valence-electron chi connectivity index (χ1n) is 13.6. The van der Waals surface area contributed by atoms with Crippen molar-refractivity contribution in [1.29, 1.82) is 0 Å². The van der Waals surface area contributed by atoms with Gasteiger partial charge in [-0.25, -0.2) is 8.42 Å². The second-order valence-electron chi connectivity index (χ2n) is 11.7. The summed E-state index contributed by atoms with van der Waals surface area (Å²) in [6, 6.07) is 19.4. The minimum Gasteiger partial charge on any atom is -0.325 e. The molecule has 1 N–H and O–H groups in total. The molecule has 4 aliphatic rings. The van der Waals surface area contributed by atoms with Gasteiger partial charge in [-0.15, -0.1) is 0 Å². The molecule has 204 valence electrons. The molecule has 3 aromatic rings. The molecule has 0 aromatic heterocycles. The van der Waals surface area contributed by atoms with E-state index in [0.717, 1.165) is 27.6 Å². The van der Waals surface area contributed by atoms with Crippen molar-refractivity contribution in [3.8, 4) is 0 Å². The molecule has 4 saturated carbocycles. The molecule has 39 heavy (non-hydrogen) atoms. The van der Waals surface area contributed by atoms with Gasteiger partial charge in [0.25, 0.3) is 10.0 Å². The molecule has 4 fully saturated rings. The highest BCUT2D eigenvalue weighted by Crippen LogP contribution is 2.60. The molecular weight excluding hydrogens is 551 g/mol. The monoisotopic (exact) mass is 582 g/mol. The van der Waals surface area contributed by atoms with Crippen LogP contribution in [0.3, 0.4) is 0 Å². The highest BCUT2D eigenvalue weighted by Gasteiger charge is 2.51. The number of carbonyl (C=O) groups excluding carboxylic acids is 1. The zero-order chi connectivity index (χ0) is 27.4. The summed E-state index contributed by atoms with van der Waals surface area (Å²) in [5.41, 5.74) is 3.36. The first-order valence-corrected chi connectivity index (χ1v) is 15.8. The van der Waals surface area contributed by atoms with Crippen molar-refractivity contribution in [2.75, 3.05) is 16.2 Å². The van der Waals surface area contributed by atoms with Crippen molar-refractivity contribution in [2.24, 2.45) is 17.8 Å². The summed E-state index contributed by atoms with van der Waals surface area (Å²) in [7, 11) is -4.10. The van der Waals surface area contributed by atoms with E-state index in [1.54, 1.807) is 30.3 Å². The van der Waals surface area contributed by atoms with Crippen LogP contribution in [0, 0.1) is 24.7 Å². The van der Waals surface area contributed by atoms with E-state index in [1.165, 1.54) is 56.2 Å². The van der Waals surface area contributed by atoms with Gasteiger partial charge in [-0.2, -0.15) is 0 Å². The van der Waals surface area contributed by atoms with Crippen molar-refractivity contribution >= 4 is 50.5 Å². The molecule has 1 amide bonds. The van der Waals surface area contributed by atoms with E-state index < -0.39 is 22.5 Å². The van der Waals surface area contributed by atoms with Crippen LogP contribution in [0.4, 0.5) is 11.4 Å². The molecule has 7 rings (SSSR count). The predicted molar refractivity (Wildman–Crippen MR) is 157 cm³/mol. The van der Waals surface area contributed by atoms with Gasteiger partial charge in [-0.05, 0) is 111 Å². The number of carbonyl (C=O) groups is 1. The van der Waals surface area contributed by atoms with E-state index in [9.17, 15) is 13.2 Å². The van der Waals surface area contributed by atoms with Crippen LogP contribution < -0.4 is 9.62 Å². The average molecular weight is 584 g/mol. The Balaban J connectivity index is 1.23. The molecule has 0 spiro atoms. The SMILES string of the molecule is Cc1ccc(S(=O)(=O)N(CC(=O)Nc2ccc(C34CC5CC(CC(C5)C3)C4)cc2)c2cccc(Cl)c2Cl)cc1. The van der Waals surface area contributed by atoms with Crippen LogP contribution >= 0.6 is 23.2 Å². The molecule has 0 radical (unpaired) electrons. The second-order valence-corrected chi connectivity index (χ2v) is 14.4. The van der Waals surface area contributed by atoms with E-state index in [1.807, 2.05) is 19.1 Å². The standard InChI is InChI=1S/C31H32Cl2N2O3S/c1-20-5-11-26(12-6-20)39(37,38)35(28-4-2-3-27(32)30(28)33)19-29(36)34-25-9-7-24(8-10-25)31-16-21-13-22(17-31)15-23(14-21)18-31/h2-12,21-23H,13-19H2,1H3,(H,34,36). The number of aryl methyl sites for hydroxylation is 1. The molecule has 0 saturated heterocycles. The molecule has 4 aliphatic carbocycles.